The van der Waals surface area contributed by atoms with E-state index in [0.717, 1.165) is 11.1 Å². The number of ether oxygens (including phenoxy) is 1. The fraction of sp³-hybridized carbons (Fsp3) is 0. The van der Waals surface area contributed by atoms with Crippen LogP contribution in [0.2, 0.25) is 5.02 Å². The van der Waals surface area contributed by atoms with Crippen LogP contribution in [0.5, 0.6) is 5.75 Å². The standard InChI is InChI=1S/C22H13ClN2O4/c23-19-7-3-16(4-8-19)18(14-24)13-15-1-11-21(12-2-15)29-22(26)17-5-9-20(10-6-17)25(27)28/h1-13H/b18-13-. The zero-order valence-electron chi connectivity index (χ0n) is 14.9. The van der Waals surface area contributed by atoms with Gasteiger partial charge in [-0.2, -0.15) is 5.26 Å². The van der Waals surface area contributed by atoms with Crippen molar-refractivity contribution >= 4 is 34.9 Å². The van der Waals surface area contributed by atoms with E-state index in [-0.39, 0.29) is 11.3 Å². The van der Waals surface area contributed by atoms with Crippen molar-refractivity contribution in [3.8, 4) is 11.8 Å². The molecule has 0 spiro atoms. The van der Waals surface area contributed by atoms with Crippen LogP contribution in [-0.4, -0.2) is 10.9 Å². The van der Waals surface area contributed by atoms with Gasteiger partial charge in [-0.15, -0.1) is 0 Å². The van der Waals surface area contributed by atoms with Gasteiger partial charge in [-0.1, -0.05) is 35.9 Å². The molecule has 0 aromatic heterocycles. The zero-order chi connectivity index (χ0) is 20.8. The molecule has 0 unspecified atom stereocenters. The maximum atomic E-state index is 12.2. The molecule has 0 saturated heterocycles. The highest BCUT2D eigenvalue weighted by Gasteiger charge is 2.11. The molecule has 0 radical (unpaired) electrons. The van der Waals surface area contributed by atoms with Crippen LogP contribution in [0.15, 0.2) is 72.8 Å². The molecule has 29 heavy (non-hydrogen) atoms. The molecular formula is C22H13ClN2O4. The van der Waals surface area contributed by atoms with Crippen LogP contribution in [0.25, 0.3) is 11.6 Å². The summed E-state index contributed by atoms with van der Waals surface area (Å²) in [5.41, 5.74) is 2.07. The SMILES string of the molecule is N#C/C(=C/c1ccc(OC(=O)c2ccc([N+](=O)[O-])cc2)cc1)c1ccc(Cl)cc1. The molecule has 0 aliphatic rings. The molecule has 6 nitrogen and oxygen atoms in total. The molecular weight excluding hydrogens is 392 g/mol. The minimum atomic E-state index is -0.623. The van der Waals surface area contributed by atoms with Crippen LogP contribution in [-0.2, 0) is 0 Å². The number of benzene rings is 3. The average Bonchev–Trinajstić information content (AvgIpc) is 2.74. The molecule has 3 aromatic rings. The van der Waals surface area contributed by atoms with Gasteiger partial charge in [0, 0.05) is 17.2 Å². The number of hydrogen-bond acceptors (Lipinski definition) is 5. The predicted octanol–water partition coefficient (Wildman–Crippen LogP) is 5.53. The van der Waals surface area contributed by atoms with Gasteiger partial charge in [-0.25, -0.2) is 4.79 Å². The van der Waals surface area contributed by atoms with E-state index >= 15 is 0 Å². The van der Waals surface area contributed by atoms with Crippen molar-refractivity contribution in [3.63, 3.8) is 0 Å². The van der Waals surface area contributed by atoms with Crippen molar-refractivity contribution in [1.82, 2.24) is 0 Å². The number of esters is 1. The second kappa shape index (κ2) is 8.83. The van der Waals surface area contributed by atoms with Crippen molar-refractivity contribution in [1.29, 1.82) is 5.26 Å². The number of carbonyl (C=O) groups excluding carboxylic acids is 1. The molecule has 0 N–H and O–H groups in total. The summed E-state index contributed by atoms with van der Waals surface area (Å²) in [6, 6.07) is 20.9. The van der Waals surface area contributed by atoms with E-state index in [1.165, 1.54) is 24.3 Å². The first-order valence-electron chi connectivity index (χ1n) is 8.41. The highest BCUT2D eigenvalue weighted by Crippen LogP contribution is 2.22. The summed E-state index contributed by atoms with van der Waals surface area (Å²) in [4.78, 5) is 22.3. The molecule has 3 aromatic carbocycles. The monoisotopic (exact) mass is 404 g/mol. The number of nitro benzene ring substituents is 1. The molecule has 0 saturated carbocycles. The average molecular weight is 405 g/mol. The highest BCUT2D eigenvalue weighted by molar-refractivity contribution is 6.30. The predicted molar refractivity (Wildman–Crippen MR) is 109 cm³/mol. The molecule has 0 aliphatic carbocycles. The quantitative estimate of drug-likeness (QED) is 0.139. The molecule has 0 amide bonds. The van der Waals surface area contributed by atoms with Crippen molar-refractivity contribution in [3.05, 3.63) is 105 Å². The van der Waals surface area contributed by atoms with E-state index in [0.29, 0.717) is 16.3 Å². The number of allylic oxidation sites excluding steroid dienone is 1. The highest BCUT2D eigenvalue weighted by atomic mass is 35.5. The Morgan fingerprint density at radius 3 is 2.10 bits per heavy atom. The summed E-state index contributed by atoms with van der Waals surface area (Å²) < 4.78 is 5.28. The van der Waals surface area contributed by atoms with E-state index in [9.17, 15) is 20.2 Å². The Morgan fingerprint density at radius 2 is 1.55 bits per heavy atom. The molecule has 3 rings (SSSR count). The van der Waals surface area contributed by atoms with Gasteiger partial charge in [0.25, 0.3) is 5.69 Å². The minimum absolute atomic E-state index is 0.105. The van der Waals surface area contributed by atoms with Gasteiger partial charge in [0.05, 0.1) is 22.1 Å². The molecule has 7 heteroatoms. The van der Waals surface area contributed by atoms with Crippen molar-refractivity contribution in [2.45, 2.75) is 0 Å². The fourth-order valence-corrected chi connectivity index (χ4v) is 2.62. The van der Waals surface area contributed by atoms with Gasteiger partial charge in [-0.3, -0.25) is 10.1 Å². The lowest BCUT2D eigenvalue weighted by Gasteiger charge is -2.05. The summed E-state index contributed by atoms with van der Waals surface area (Å²) in [7, 11) is 0. The van der Waals surface area contributed by atoms with Crippen molar-refractivity contribution in [2.75, 3.05) is 0 Å². The number of non-ortho nitro benzene ring substituents is 1. The van der Waals surface area contributed by atoms with Gasteiger partial charge in [0.2, 0.25) is 0 Å². The van der Waals surface area contributed by atoms with E-state index in [1.807, 2.05) is 0 Å². The van der Waals surface area contributed by atoms with Crippen molar-refractivity contribution in [2.24, 2.45) is 0 Å². The van der Waals surface area contributed by atoms with E-state index < -0.39 is 10.9 Å². The summed E-state index contributed by atoms with van der Waals surface area (Å²) in [5.74, 6) is -0.308. The molecule has 0 heterocycles. The lowest BCUT2D eigenvalue weighted by Crippen LogP contribution is -2.08. The first kappa shape index (κ1) is 19.8. The fourth-order valence-electron chi connectivity index (χ4n) is 2.49. The third-order valence-corrected chi connectivity index (χ3v) is 4.24. The number of nitro groups is 1. The molecule has 0 fully saturated rings. The second-order valence-corrected chi connectivity index (χ2v) is 6.38. The topological polar surface area (TPSA) is 93.2 Å². The number of halogens is 1. The lowest BCUT2D eigenvalue weighted by molar-refractivity contribution is -0.384. The van der Waals surface area contributed by atoms with Crippen LogP contribution >= 0.6 is 11.6 Å². The maximum Gasteiger partial charge on any atom is 0.343 e. The van der Waals surface area contributed by atoms with E-state index in [4.69, 9.17) is 16.3 Å². The molecule has 0 bridgehead atoms. The van der Waals surface area contributed by atoms with Gasteiger partial charge >= 0.3 is 5.97 Å². The largest absolute Gasteiger partial charge is 0.423 e. The minimum Gasteiger partial charge on any atom is -0.423 e. The summed E-state index contributed by atoms with van der Waals surface area (Å²) >= 11 is 5.87. The van der Waals surface area contributed by atoms with E-state index in [2.05, 4.69) is 6.07 Å². The Kier molecular flexibility index (Phi) is 6.03. The molecule has 0 atom stereocenters. The van der Waals surface area contributed by atoms with Crippen LogP contribution in [0.4, 0.5) is 5.69 Å². The number of hydrogen-bond donors (Lipinski definition) is 0. The van der Waals surface area contributed by atoms with Gasteiger partial charge < -0.3 is 4.74 Å². The first-order valence-corrected chi connectivity index (χ1v) is 8.78. The number of rotatable bonds is 5. The Balaban J connectivity index is 1.72. The van der Waals surface area contributed by atoms with Crippen LogP contribution in [0, 0.1) is 21.4 Å². The first-order chi connectivity index (χ1) is 14.0. The summed E-state index contributed by atoms with van der Waals surface area (Å²) in [6.45, 7) is 0. The summed E-state index contributed by atoms with van der Waals surface area (Å²) in [6.07, 6.45) is 1.71. The third-order valence-electron chi connectivity index (χ3n) is 3.99. The van der Waals surface area contributed by atoms with Gasteiger partial charge in [0.15, 0.2) is 0 Å². The van der Waals surface area contributed by atoms with Gasteiger partial charge in [0.1, 0.15) is 5.75 Å². The maximum absolute atomic E-state index is 12.2. The number of nitrogens with zero attached hydrogens (tertiary/aromatic N) is 2. The van der Waals surface area contributed by atoms with Crippen LogP contribution < -0.4 is 4.74 Å². The summed E-state index contributed by atoms with van der Waals surface area (Å²) in [5, 5.41) is 20.7. The molecule has 0 aliphatic heterocycles. The third kappa shape index (κ3) is 5.06. The van der Waals surface area contributed by atoms with E-state index in [1.54, 1.807) is 54.6 Å². The Morgan fingerprint density at radius 1 is 0.966 bits per heavy atom. The van der Waals surface area contributed by atoms with Crippen LogP contribution in [0.1, 0.15) is 21.5 Å². The second-order valence-electron chi connectivity index (χ2n) is 5.94. The Hall–Kier alpha value is -3.95. The lowest BCUT2D eigenvalue weighted by atomic mass is 10.0. The normalized spacial score (nSPS) is 10.8. The van der Waals surface area contributed by atoms with Gasteiger partial charge in [-0.05, 0) is 53.6 Å². The number of carbonyl (C=O) groups is 1. The smallest absolute Gasteiger partial charge is 0.343 e. The Bertz CT molecular complexity index is 1110. The number of nitriles is 1. The zero-order valence-corrected chi connectivity index (χ0v) is 15.7. The molecule has 142 valence electrons. The van der Waals surface area contributed by atoms with Crippen LogP contribution in [0.3, 0.4) is 0 Å². The Labute approximate surface area is 171 Å². The van der Waals surface area contributed by atoms with Crippen molar-refractivity contribution < 1.29 is 14.5 Å².